The SMILES string of the molecule is CC(C)CCS(=O)(=O)NC1(C(N)=NO)CCN(C)CC1. The van der Waals surface area contributed by atoms with E-state index in [0.717, 1.165) is 0 Å². The smallest absolute Gasteiger partial charge is 0.212 e. The molecule has 0 atom stereocenters. The van der Waals surface area contributed by atoms with Crippen molar-refractivity contribution in [2.75, 3.05) is 25.9 Å². The van der Waals surface area contributed by atoms with Crippen LogP contribution in [0.15, 0.2) is 5.16 Å². The highest BCUT2D eigenvalue weighted by Gasteiger charge is 2.41. The molecule has 0 spiro atoms. The number of likely N-dealkylation sites (tertiary alicyclic amines) is 1. The lowest BCUT2D eigenvalue weighted by Gasteiger charge is -2.39. The lowest BCUT2D eigenvalue weighted by Crippen LogP contribution is -2.62. The van der Waals surface area contributed by atoms with E-state index in [0.29, 0.717) is 38.3 Å². The highest BCUT2D eigenvalue weighted by molar-refractivity contribution is 7.89. The zero-order valence-electron chi connectivity index (χ0n) is 12.5. The van der Waals surface area contributed by atoms with Gasteiger partial charge in [0, 0.05) is 13.1 Å². The summed E-state index contributed by atoms with van der Waals surface area (Å²) in [5.41, 5.74) is 4.78. The van der Waals surface area contributed by atoms with E-state index in [9.17, 15) is 8.42 Å². The maximum Gasteiger partial charge on any atom is 0.212 e. The number of nitrogens with two attached hydrogens (primary N) is 1. The fourth-order valence-corrected chi connectivity index (χ4v) is 4.03. The summed E-state index contributed by atoms with van der Waals surface area (Å²) >= 11 is 0. The number of amidine groups is 1. The minimum atomic E-state index is -3.45. The Morgan fingerprint density at radius 3 is 2.45 bits per heavy atom. The van der Waals surface area contributed by atoms with E-state index < -0.39 is 15.6 Å². The molecular weight excluding hydrogens is 280 g/mol. The Balaban J connectivity index is 2.86. The van der Waals surface area contributed by atoms with E-state index in [1.165, 1.54) is 0 Å². The maximum absolute atomic E-state index is 12.2. The average Bonchev–Trinajstić information content (AvgIpc) is 2.38. The van der Waals surface area contributed by atoms with E-state index in [-0.39, 0.29) is 11.6 Å². The molecule has 0 radical (unpaired) electrons. The zero-order chi connectivity index (χ0) is 15.4. The van der Waals surface area contributed by atoms with Crippen molar-refractivity contribution in [3.8, 4) is 0 Å². The van der Waals surface area contributed by atoms with Crippen LogP contribution in [0.25, 0.3) is 0 Å². The van der Waals surface area contributed by atoms with E-state index in [4.69, 9.17) is 10.9 Å². The Hall–Kier alpha value is -0.860. The first-order chi connectivity index (χ1) is 9.21. The Bertz CT molecular complexity index is 440. The van der Waals surface area contributed by atoms with Gasteiger partial charge in [-0.25, -0.2) is 13.1 Å². The van der Waals surface area contributed by atoms with Gasteiger partial charge in [-0.1, -0.05) is 19.0 Å². The van der Waals surface area contributed by atoms with Crippen LogP contribution in [0, 0.1) is 5.92 Å². The number of sulfonamides is 1. The number of nitrogens with zero attached hydrogens (tertiary/aromatic N) is 2. The van der Waals surface area contributed by atoms with Gasteiger partial charge in [-0.05, 0) is 32.2 Å². The number of rotatable bonds is 6. The highest BCUT2D eigenvalue weighted by Crippen LogP contribution is 2.23. The first-order valence-electron chi connectivity index (χ1n) is 6.89. The van der Waals surface area contributed by atoms with Gasteiger partial charge < -0.3 is 15.8 Å². The Morgan fingerprint density at radius 1 is 1.45 bits per heavy atom. The molecule has 0 saturated carbocycles. The molecule has 1 fully saturated rings. The number of nitrogens with one attached hydrogen (secondary N) is 1. The molecule has 0 aliphatic carbocycles. The zero-order valence-corrected chi connectivity index (χ0v) is 13.3. The Labute approximate surface area is 121 Å². The number of piperidine rings is 1. The highest BCUT2D eigenvalue weighted by atomic mass is 32.2. The van der Waals surface area contributed by atoms with Gasteiger partial charge in [-0.3, -0.25) is 0 Å². The third kappa shape index (κ3) is 4.60. The molecule has 0 amide bonds. The van der Waals surface area contributed by atoms with Gasteiger partial charge in [-0.15, -0.1) is 0 Å². The number of hydrogen-bond acceptors (Lipinski definition) is 5. The minimum absolute atomic E-state index is 0.0565. The lowest BCUT2D eigenvalue weighted by atomic mass is 9.88. The number of hydrogen-bond donors (Lipinski definition) is 3. The normalized spacial score (nSPS) is 21.3. The fourth-order valence-electron chi connectivity index (χ4n) is 2.25. The molecule has 1 heterocycles. The molecular formula is C12H26N4O3S. The molecule has 20 heavy (non-hydrogen) atoms. The molecule has 0 aromatic carbocycles. The molecule has 1 aliphatic rings. The van der Waals surface area contributed by atoms with Gasteiger partial charge >= 0.3 is 0 Å². The van der Waals surface area contributed by atoms with Crippen LogP contribution >= 0.6 is 0 Å². The van der Waals surface area contributed by atoms with Crippen molar-refractivity contribution < 1.29 is 13.6 Å². The summed E-state index contributed by atoms with van der Waals surface area (Å²) in [6.45, 7) is 5.35. The van der Waals surface area contributed by atoms with E-state index >= 15 is 0 Å². The summed E-state index contributed by atoms with van der Waals surface area (Å²) in [6, 6.07) is 0. The predicted octanol–water partition coefficient (Wildman–Crippen LogP) is 0.163. The first kappa shape index (κ1) is 17.2. The molecule has 118 valence electrons. The van der Waals surface area contributed by atoms with Crippen molar-refractivity contribution >= 4 is 15.9 Å². The van der Waals surface area contributed by atoms with E-state index in [2.05, 4.69) is 14.8 Å². The monoisotopic (exact) mass is 306 g/mol. The summed E-state index contributed by atoms with van der Waals surface area (Å²) < 4.78 is 27.1. The predicted molar refractivity (Wildman–Crippen MR) is 79.2 cm³/mol. The van der Waals surface area contributed by atoms with Crippen LogP contribution in [0.4, 0.5) is 0 Å². The van der Waals surface area contributed by atoms with Crippen LogP contribution < -0.4 is 10.5 Å². The Morgan fingerprint density at radius 2 is 2.00 bits per heavy atom. The largest absolute Gasteiger partial charge is 0.409 e. The van der Waals surface area contributed by atoms with Crippen LogP contribution in [0.1, 0.15) is 33.1 Å². The van der Waals surface area contributed by atoms with Crippen molar-refractivity contribution in [2.45, 2.75) is 38.6 Å². The van der Waals surface area contributed by atoms with Crippen LogP contribution in [-0.4, -0.2) is 55.8 Å². The minimum Gasteiger partial charge on any atom is -0.409 e. The van der Waals surface area contributed by atoms with Gasteiger partial charge in [0.1, 0.15) is 0 Å². The Kier molecular flexibility index (Phi) is 5.79. The van der Waals surface area contributed by atoms with Crippen molar-refractivity contribution in [3.05, 3.63) is 0 Å². The summed E-state index contributed by atoms with van der Waals surface area (Å²) in [5.74, 6) is 0.309. The van der Waals surface area contributed by atoms with E-state index in [1.54, 1.807) is 0 Å². The summed E-state index contributed by atoms with van der Waals surface area (Å²) in [7, 11) is -1.49. The van der Waals surface area contributed by atoms with Crippen LogP contribution in [-0.2, 0) is 10.0 Å². The molecule has 1 aliphatic heterocycles. The van der Waals surface area contributed by atoms with Crippen molar-refractivity contribution in [1.29, 1.82) is 0 Å². The summed E-state index contributed by atoms with van der Waals surface area (Å²) in [4.78, 5) is 2.09. The third-order valence-corrected chi connectivity index (χ3v) is 5.23. The van der Waals surface area contributed by atoms with Crippen molar-refractivity contribution in [1.82, 2.24) is 9.62 Å². The maximum atomic E-state index is 12.2. The van der Waals surface area contributed by atoms with Crippen LogP contribution in [0.5, 0.6) is 0 Å². The first-order valence-corrected chi connectivity index (χ1v) is 8.54. The molecule has 4 N–H and O–H groups in total. The molecule has 0 bridgehead atoms. The fraction of sp³-hybridized carbons (Fsp3) is 0.917. The van der Waals surface area contributed by atoms with Gasteiger partial charge in [0.05, 0.1) is 11.3 Å². The van der Waals surface area contributed by atoms with Crippen molar-refractivity contribution in [2.24, 2.45) is 16.8 Å². The van der Waals surface area contributed by atoms with Gasteiger partial charge in [0.2, 0.25) is 10.0 Å². The summed E-state index contributed by atoms with van der Waals surface area (Å²) in [5, 5.41) is 12.0. The molecule has 0 unspecified atom stereocenters. The average molecular weight is 306 g/mol. The molecule has 1 saturated heterocycles. The second kappa shape index (κ2) is 6.73. The molecule has 1 rings (SSSR count). The van der Waals surface area contributed by atoms with Gasteiger partial charge in [0.25, 0.3) is 0 Å². The van der Waals surface area contributed by atoms with E-state index in [1.807, 2.05) is 20.9 Å². The second-order valence-electron chi connectivity index (χ2n) is 5.97. The number of oxime groups is 1. The molecule has 0 aromatic rings. The van der Waals surface area contributed by atoms with Gasteiger partial charge in [-0.2, -0.15) is 0 Å². The van der Waals surface area contributed by atoms with Crippen LogP contribution in [0.3, 0.4) is 0 Å². The topological polar surface area (TPSA) is 108 Å². The van der Waals surface area contributed by atoms with Crippen LogP contribution in [0.2, 0.25) is 0 Å². The third-order valence-electron chi connectivity index (χ3n) is 3.75. The van der Waals surface area contributed by atoms with Gasteiger partial charge in [0.15, 0.2) is 5.84 Å². The molecule has 8 heteroatoms. The lowest BCUT2D eigenvalue weighted by molar-refractivity contribution is 0.213. The molecule has 7 nitrogen and oxygen atoms in total. The van der Waals surface area contributed by atoms with Crippen molar-refractivity contribution in [3.63, 3.8) is 0 Å². The quantitative estimate of drug-likeness (QED) is 0.280. The molecule has 0 aromatic heterocycles. The second-order valence-corrected chi connectivity index (χ2v) is 7.82. The standard InChI is InChI=1S/C12H26N4O3S/c1-10(2)4-9-20(18,19)15-12(11(13)14-17)5-7-16(3)8-6-12/h10,15,17H,4-9H2,1-3H3,(H2,13,14). The summed E-state index contributed by atoms with van der Waals surface area (Å²) in [6.07, 6.45) is 1.59.